The Balaban J connectivity index is 2.23. The highest BCUT2D eigenvalue weighted by molar-refractivity contribution is 7.79. The van der Waals surface area contributed by atoms with Crippen molar-refractivity contribution in [1.29, 1.82) is 0 Å². The maximum atomic E-state index is 14.2. The van der Waals surface area contributed by atoms with Gasteiger partial charge >= 0.3 is 0 Å². The highest BCUT2D eigenvalue weighted by atomic mass is 31.1. The maximum absolute atomic E-state index is 14.2. The molecule has 0 saturated heterocycles. The van der Waals surface area contributed by atoms with Crippen LogP contribution in [0, 0.1) is 11.6 Å². The van der Waals surface area contributed by atoms with E-state index in [9.17, 15) is 8.78 Å². The van der Waals surface area contributed by atoms with Crippen molar-refractivity contribution in [3.8, 4) is 0 Å². The van der Waals surface area contributed by atoms with Crippen LogP contribution >= 0.6 is 7.92 Å². The van der Waals surface area contributed by atoms with E-state index in [4.69, 9.17) is 0 Å². The summed E-state index contributed by atoms with van der Waals surface area (Å²) in [7, 11) is -1.24. The second-order valence-electron chi connectivity index (χ2n) is 4.58. The highest BCUT2D eigenvalue weighted by Gasteiger charge is 2.23. The molecular weight excluding hydrogens is 285 g/mol. The minimum absolute atomic E-state index is 0.157. The zero-order valence-electron chi connectivity index (χ0n) is 11.2. The zero-order chi connectivity index (χ0) is 14.7. The molecule has 0 unspecified atom stereocenters. The number of halogens is 2. The third-order valence-corrected chi connectivity index (χ3v) is 5.69. The summed E-state index contributed by atoms with van der Waals surface area (Å²) in [5.74, 6) is -0.984. The van der Waals surface area contributed by atoms with Crippen LogP contribution in [0.2, 0.25) is 0 Å². The summed E-state index contributed by atoms with van der Waals surface area (Å²) in [5.41, 5.74) is 0. The Kier molecular flexibility index (Phi) is 4.08. The molecule has 0 fully saturated rings. The van der Waals surface area contributed by atoms with Crippen LogP contribution in [0.25, 0.3) is 0 Å². The lowest BCUT2D eigenvalue weighted by molar-refractivity contribution is 0.598. The first kappa shape index (κ1) is 13.9. The van der Waals surface area contributed by atoms with Crippen molar-refractivity contribution in [3.05, 3.63) is 90.5 Å². The molecule has 0 aliphatic carbocycles. The molecule has 0 aromatic heterocycles. The third kappa shape index (κ3) is 2.86. The molecule has 3 rings (SSSR count). The van der Waals surface area contributed by atoms with Gasteiger partial charge in [0.25, 0.3) is 0 Å². The molecule has 0 aliphatic heterocycles. The van der Waals surface area contributed by atoms with E-state index >= 15 is 0 Å². The summed E-state index contributed by atoms with van der Waals surface area (Å²) in [6, 6.07) is 23.1. The number of benzene rings is 3. The highest BCUT2D eigenvalue weighted by Crippen LogP contribution is 2.34. The molecule has 0 radical (unpaired) electrons. The fourth-order valence-electron chi connectivity index (χ4n) is 2.26. The van der Waals surface area contributed by atoms with E-state index in [-0.39, 0.29) is 5.30 Å². The molecule has 3 aromatic rings. The summed E-state index contributed by atoms with van der Waals surface area (Å²) in [6.45, 7) is 0. The number of hydrogen-bond acceptors (Lipinski definition) is 0. The van der Waals surface area contributed by atoms with Gasteiger partial charge in [-0.25, -0.2) is 8.78 Å². The topological polar surface area (TPSA) is 0 Å². The van der Waals surface area contributed by atoms with Gasteiger partial charge in [-0.05, 0) is 30.7 Å². The SMILES string of the molecule is Fc1cccc(F)c1P(c1ccccc1)c1ccccc1. The Morgan fingerprint density at radius 3 is 1.38 bits per heavy atom. The van der Waals surface area contributed by atoms with Crippen LogP contribution in [0.4, 0.5) is 8.78 Å². The Morgan fingerprint density at radius 1 is 0.524 bits per heavy atom. The molecule has 0 nitrogen and oxygen atoms in total. The number of rotatable bonds is 3. The zero-order valence-corrected chi connectivity index (χ0v) is 12.1. The Labute approximate surface area is 123 Å². The van der Waals surface area contributed by atoms with Gasteiger partial charge in [0.15, 0.2) is 0 Å². The normalized spacial score (nSPS) is 10.8. The monoisotopic (exact) mass is 298 g/mol. The van der Waals surface area contributed by atoms with Gasteiger partial charge in [-0.3, -0.25) is 0 Å². The predicted octanol–water partition coefficient (Wildman–Crippen LogP) is 3.72. The molecule has 0 heterocycles. The molecule has 104 valence electrons. The molecule has 0 saturated carbocycles. The lowest BCUT2D eigenvalue weighted by atomic mass is 10.3. The van der Waals surface area contributed by atoms with Gasteiger partial charge in [-0.15, -0.1) is 0 Å². The first-order chi connectivity index (χ1) is 10.3. The second kappa shape index (κ2) is 6.15. The van der Waals surface area contributed by atoms with E-state index in [1.165, 1.54) is 18.2 Å². The van der Waals surface area contributed by atoms with Crippen molar-refractivity contribution in [2.45, 2.75) is 0 Å². The van der Waals surface area contributed by atoms with Crippen LogP contribution in [0.3, 0.4) is 0 Å². The van der Waals surface area contributed by atoms with E-state index < -0.39 is 19.6 Å². The quantitative estimate of drug-likeness (QED) is 0.646. The standard InChI is InChI=1S/C18H13F2P/c19-16-12-7-13-17(20)18(16)21(14-8-3-1-4-9-14)15-10-5-2-6-11-15/h1-13H. The summed E-state index contributed by atoms with van der Waals surface area (Å²) < 4.78 is 28.5. The van der Waals surface area contributed by atoms with Crippen molar-refractivity contribution in [2.75, 3.05) is 0 Å². The largest absolute Gasteiger partial charge is 0.206 e. The Bertz CT molecular complexity index is 667. The molecule has 0 N–H and O–H groups in total. The molecule has 0 bridgehead atoms. The van der Waals surface area contributed by atoms with Crippen molar-refractivity contribution in [3.63, 3.8) is 0 Å². The smallest absolute Gasteiger partial charge is 0.134 e. The first-order valence-corrected chi connectivity index (χ1v) is 7.96. The first-order valence-electron chi connectivity index (χ1n) is 6.61. The summed E-state index contributed by atoms with van der Waals surface area (Å²) in [6.07, 6.45) is 0. The van der Waals surface area contributed by atoms with Crippen LogP contribution in [0.5, 0.6) is 0 Å². The van der Waals surface area contributed by atoms with Crippen LogP contribution < -0.4 is 15.9 Å². The van der Waals surface area contributed by atoms with Crippen LogP contribution in [-0.2, 0) is 0 Å². The van der Waals surface area contributed by atoms with Crippen molar-refractivity contribution in [1.82, 2.24) is 0 Å². The Hall–Kier alpha value is -2.05. The maximum Gasteiger partial charge on any atom is 0.134 e. The lowest BCUT2D eigenvalue weighted by Gasteiger charge is -2.20. The van der Waals surface area contributed by atoms with Gasteiger partial charge in [-0.2, -0.15) is 0 Å². The van der Waals surface area contributed by atoms with Crippen molar-refractivity contribution in [2.24, 2.45) is 0 Å². The molecular formula is C18H13F2P. The lowest BCUT2D eigenvalue weighted by Crippen LogP contribution is -2.25. The van der Waals surface area contributed by atoms with Crippen molar-refractivity contribution < 1.29 is 8.78 Å². The van der Waals surface area contributed by atoms with Gasteiger partial charge in [0.1, 0.15) is 11.6 Å². The minimum Gasteiger partial charge on any atom is -0.206 e. The number of hydrogen-bond donors (Lipinski definition) is 0. The molecule has 0 amide bonds. The summed E-state index contributed by atoms with van der Waals surface area (Å²) in [4.78, 5) is 0. The third-order valence-electron chi connectivity index (χ3n) is 3.19. The van der Waals surface area contributed by atoms with Crippen LogP contribution in [0.1, 0.15) is 0 Å². The van der Waals surface area contributed by atoms with Gasteiger partial charge < -0.3 is 0 Å². The van der Waals surface area contributed by atoms with E-state index in [0.717, 1.165) is 10.6 Å². The van der Waals surface area contributed by atoms with Gasteiger partial charge in [0.05, 0.1) is 5.30 Å². The molecule has 21 heavy (non-hydrogen) atoms. The van der Waals surface area contributed by atoms with Gasteiger partial charge in [0.2, 0.25) is 0 Å². The van der Waals surface area contributed by atoms with Crippen LogP contribution in [-0.4, -0.2) is 0 Å². The van der Waals surface area contributed by atoms with E-state index in [1.54, 1.807) is 0 Å². The fourth-order valence-corrected chi connectivity index (χ4v) is 4.60. The fraction of sp³-hybridized carbons (Fsp3) is 0. The molecule has 0 aliphatic rings. The summed E-state index contributed by atoms with van der Waals surface area (Å²) >= 11 is 0. The van der Waals surface area contributed by atoms with Crippen LogP contribution in [0.15, 0.2) is 78.9 Å². The van der Waals surface area contributed by atoms with E-state index in [0.29, 0.717) is 0 Å². The molecule has 0 spiro atoms. The van der Waals surface area contributed by atoms with E-state index in [1.807, 2.05) is 60.7 Å². The average molecular weight is 298 g/mol. The minimum atomic E-state index is -1.24. The van der Waals surface area contributed by atoms with Crippen molar-refractivity contribution >= 4 is 23.8 Å². The van der Waals surface area contributed by atoms with E-state index in [2.05, 4.69) is 0 Å². The van der Waals surface area contributed by atoms with Gasteiger partial charge in [0, 0.05) is 0 Å². The molecule has 0 atom stereocenters. The van der Waals surface area contributed by atoms with Gasteiger partial charge in [-0.1, -0.05) is 66.7 Å². The summed E-state index contributed by atoms with van der Waals surface area (Å²) in [5, 5.41) is 2.02. The second-order valence-corrected chi connectivity index (χ2v) is 6.73. The molecule has 3 heteroatoms. The predicted molar refractivity (Wildman–Crippen MR) is 85.1 cm³/mol. The molecule has 3 aromatic carbocycles. The Morgan fingerprint density at radius 2 is 0.952 bits per heavy atom. The average Bonchev–Trinajstić information content (AvgIpc) is 2.53.